The number of carbonyl (C=O) groups excluding carboxylic acids is 1. The van der Waals surface area contributed by atoms with Crippen LogP contribution < -0.4 is 5.32 Å². The van der Waals surface area contributed by atoms with E-state index in [1.165, 1.54) is 12.1 Å². The van der Waals surface area contributed by atoms with Gasteiger partial charge in [-0.2, -0.15) is 0 Å². The maximum absolute atomic E-state index is 13.0. The van der Waals surface area contributed by atoms with Crippen molar-refractivity contribution in [2.75, 3.05) is 38.5 Å². The summed E-state index contributed by atoms with van der Waals surface area (Å²) in [6, 6.07) is 7.95. The Bertz CT molecular complexity index is 742. The van der Waals surface area contributed by atoms with Gasteiger partial charge in [-0.15, -0.1) is 0 Å². The minimum absolute atomic E-state index is 0.0663. The summed E-state index contributed by atoms with van der Waals surface area (Å²) in [7, 11) is 2.05. The number of nitrogens with one attached hydrogen (secondary N) is 1. The van der Waals surface area contributed by atoms with E-state index in [2.05, 4.69) is 20.2 Å². The maximum atomic E-state index is 13.0. The molecule has 25 heavy (non-hydrogen) atoms. The predicted octanol–water partition coefficient (Wildman–Crippen LogP) is 1.92. The number of nitrogens with zero attached hydrogens (tertiary/aromatic N) is 4. The van der Waals surface area contributed by atoms with Gasteiger partial charge in [-0.3, -0.25) is 4.79 Å². The molecule has 0 bridgehead atoms. The summed E-state index contributed by atoms with van der Waals surface area (Å²) in [5, 5.41) is 3.17. The molecule has 1 aromatic heterocycles. The first-order valence-corrected chi connectivity index (χ1v) is 8.33. The number of amides is 1. The summed E-state index contributed by atoms with van der Waals surface area (Å²) >= 11 is 0. The fourth-order valence-corrected chi connectivity index (χ4v) is 2.73. The van der Waals surface area contributed by atoms with Crippen LogP contribution in [0.25, 0.3) is 0 Å². The molecule has 0 radical (unpaired) electrons. The van der Waals surface area contributed by atoms with E-state index in [1.54, 1.807) is 25.1 Å². The van der Waals surface area contributed by atoms with Crippen LogP contribution in [0, 0.1) is 12.7 Å². The lowest BCUT2D eigenvalue weighted by atomic mass is 10.2. The summed E-state index contributed by atoms with van der Waals surface area (Å²) in [5.41, 5.74) is 1.34. The van der Waals surface area contributed by atoms with Crippen LogP contribution in [-0.2, 0) is 6.54 Å². The maximum Gasteiger partial charge on any atom is 0.272 e. The Labute approximate surface area is 146 Å². The zero-order chi connectivity index (χ0) is 17.8. The lowest BCUT2D eigenvalue weighted by Gasteiger charge is -2.32. The van der Waals surface area contributed by atoms with Crippen molar-refractivity contribution in [3.63, 3.8) is 0 Å². The number of halogens is 1. The molecule has 1 saturated heterocycles. The van der Waals surface area contributed by atoms with Crippen molar-refractivity contribution in [1.29, 1.82) is 0 Å². The van der Waals surface area contributed by atoms with E-state index < -0.39 is 0 Å². The highest BCUT2D eigenvalue weighted by atomic mass is 19.1. The summed E-state index contributed by atoms with van der Waals surface area (Å²) < 4.78 is 13.0. The molecule has 1 N–H and O–H groups in total. The second kappa shape index (κ2) is 7.57. The number of aromatic nitrogens is 2. The minimum Gasteiger partial charge on any atom is -0.366 e. The van der Waals surface area contributed by atoms with Crippen LogP contribution in [0.1, 0.15) is 21.9 Å². The Morgan fingerprint density at radius 2 is 1.84 bits per heavy atom. The molecule has 1 amide bonds. The molecule has 132 valence electrons. The van der Waals surface area contributed by atoms with Crippen LogP contribution in [0.3, 0.4) is 0 Å². The quantitative estimate of drug-likeness (QED) is 0.919. The molecule has 2 aromatic rings. The van der Waals surface area contributed by atoms with Crippen molar-refractivity contribution in [2.45, 2.75) is 13.5 Å². The first kappa shape index (κ1) is 17.3. The molecule has 1 aliphatic heterocycles. The van der Waals surface area contributed by atoms with Crippen LogP contribution >= 0.6 is 0 Å². The molecule has 2 heterocycles. The molecule has 1 aromatic carbocycles. The summed E-state index contributed by atoms with van der Waals surface area (Å²) in [6.45, 7) is 5.41. The van der Waals surface area contributed by atoms with Gasteiger partial charge in [-0.25, -0.2) is 14.4 Å². The number of piperazine rings is 1. The fourth-order valence-electron chi connectivity index (χ4n) is 2.73. The van der Waals surface area contributed by atoms with Gasteiger partial charge in [0.1, 0.15) is 23.2 Å². The highest BCUT2D eigenvalue weighted by Gasteiger charge is 2.22. The van der Waals surface area contributed by atoms with E-state index in [9.17, 15) is 9.18 Å². The topological polar surface area (TPSA) is 61.4 Å². The fraction of sp³-hybridized carbons (Fsp3) is 0.389. The van der Waals surface area contributed by atoms with Crippen molar-refractivity contribution >= 4 is 11.7 Å². The SMILES string of the molecule is Cc1nc(NCc2ccc(F)cc2)cc(C(=O)N2CCN(C)CC2)n1. The van der Waals surface area contributed by atoms with Gasteiger partial charge in [0.25, 0.3) is 5.91 Å². The van der Waals surface area contributed by atoms with Crippen LogP contribution in [0.5, 0.6) is 0 Å². The van der Waals surface area contributed by atoms with Gasteiger partial charge in [0, 0.05) is 38.8 Å². The second-order valence-corrected chi connectivity index (χ2v) is 6.26. The molecule has 7 heteroatoms. The van der Waals surface area contributed by atoms with Crippen molar-refractivity contribution < 1.29 is 9.18 Å². The van der Waals surface area contributed by atoms with Crippen LogP contribution in [0.2, 0.25) is 0 Å². The summed E-state index contributed by atoms with van der Waals surface area (Å²) in [4.78, 5) is 25.3. The van der Waals surface area contributed by atoms with E-state index in [0.29, 0.717) is 37.0 Å². The van der Waals surface area contributed by atoms with Gasteiger partial charge < -0.3 is 15.1 Å². The number of benzene rings is 1. The highest BCUT2D eigenvalue weighted by Crippen LogP contribution is 2.13. The number of rotatable bonds is 4. The molecule has 6 nitrogen and oxygen atoms in total. The van der Waals surface area contributed by atoms with E-state index in [4.69, 9.17) is 0 Å². The molecule has 1 fully saturated rings. The van der Waals surface area contributed by atoms with Gasteiger partial charge in [-0.05, 0) is 31.7 Å². The zero-order valence-electron chi connectivity index (χ0n) is 14.5. The molecule has 0 aliphatic carbocycles. The lowest BCUT2D eigenvalue weighted by molar-refractivity contribution is 0.0658. The number of aryl methyl sites for hydroxylation is 1. The van der Waals surface area contributed by atoms with Crippen molar-refractivity contribution in [1.82, 2.24) is 19.8 Å². The predicted molar refractivity (Wildman–Crippen MR) is 93.9 cm³/mol. The van der Waals surface area contributed by atoms with Crippen LogP contribution in [0.4, 0.5) is 10.2 Å². The van der Waals surface area contributed by atoms with Gasteiger partial charge in [0.2, 0.25) is 0 Å². The third kappa shape index (κ3) is 4.51. The van der Waals surface area contributed by atoms with E-state index >= 15 is 0 Å². The normalized spacial score (nSPS) is 15.2. The molecule has 1 aliphatic rings. The molecule has 0 unspecified atom stereocenters. The Morgan fingerprint density at radius 1 is 1.16 bits per heavy atom. The number of carbonyl (C=O) groups is 1. The summed E-state index contributed by atoms with van der Waals surface area (Å²) in [6.07, 6.45) is 0. The van der Waals surface area contributed by atoms with Crippen LogP contribution in [0.15, 0.2) is 30.3 Å². The number of likely N-dealkylation sites (N-methyl/N-ethyl adjacent to an activating group) is 1. The smallest absolute Gasteiger partial charge is 0.272 e. The van der Waals surface area contributed by atoms with E-state index in [1.807, 2.05) is 11.9 Å². The second-order valence-electron chi connectivity index (χ2n) is 6.26. The molecule has 0 atom stereocenters. The molecule has 0 saturated carbocycles. The largest absolute Gasteiger partial charge is 0.366 e. The zero-order valence-corrected chi connectivity index (χ0v) is 14.5. The van der Waals surface area contributed by atoms with E-state index in [0.717, 1.165) is 18.7 Å². The summed E-state index contributed by atoms with van der Waals surface area (Å²) in [5.74, 6) is 0.806. The Morgan fingerprint density at radius 3 is 2.52 bits per heavy atom. The van der Waals surface area contributed by atoms with Gasteiger partial charge >= 0.3 is 0 Å². The van der Waals surface area contributed by atoms with Crippen molar-refractivity contribution in [2.24, 2.45) is 0 Å². The number of hydrogen-bond donors (Lipinski definition) is 1. The standard InChI is InChI=1S/C18H22FN5O/c1-13-21-16(18(25)24-9-7-23(2)8-10-24)11-17(22-13)20-12-14-3-5-15(19)6-4-14/h3-6,11H,7-10,12H2,1-2H3,(H,20,21,22). The van der Waals surface area contributed by atoms with Gasteiger partial charge in [0.15, 0.2) is 0 Å². The monoisotopic (exact) mass is 343 g/mol. The Hall–Kier alpha value is -2.54. The molecular weight excluding hydrogens is 321 g/mol. The third-order valence-electron chi connectivity index (χ3n) is 4.23. The molecule has 0 spiro atoms. The van der Waals surface area contributed by atoms with Gasteiger partial charge in [0.05, 0.1) is 0 Å². The van der Waals surface area contributed by atoms with Crippen molar-refractivity contribution in [3.05, 3.63) is 53.2 Å². The minimum atomic E-state index is -0.262. The first-order chi connectivity index (χ1) is 12.0. The molecular formula is C18H22FN5O. The average molecular weight is 343 g/mol. The third-order valence-corrected chi connectivity index (χ3v) is 4.23. The molecule has 3 rings (SSSR count). The highest BCUT2D eigenvalue weighted by molar-refractivity contribution is 5.93. The number of anilines is 1. The van der Waals surface area contributed by atoms with Crippen LogP contribution in [-0.4, -0.2) is 58.9 Å². The average Bonchev–Trinajstić information content (AvgIpc) is 2.61. The number of hydrogen-bond acceptors (Lipinski definition) is 5. The van der Waals surface area contributed by atoms with Gasteiger partial charge in [-0.1, -0.05) is 12.1 Å². The lowest BCUT2D eigenvalue weighted by Crippen LogP contribution is -2.47. The Kier molecular flexibility index (Phi) is 5.23. The Balaban J connectivity index is 1.69. The first-order valence-electron chi connectivity index (χ1n) is 8.33. The van der Waals surface area contributed by atoms with E-state index in [-0.39, 0.29) is 11.7 Å². The van der Waals surface area contributed by atoms with Crippen molar-refractivity contribution in [3.8, 4) is 0 Å².